The maximum Gasteiger partial charge on any atom is 0.253 e. The molecule has 140 valence electrons. The van der Waals surface area contributed by atoms with E-state index in [9.17, 15) is 4.79 Å². The lowest BCUT2D eigenvalue weighted by atomic mass is 10.1. The number of amides is 1. The Balaban J connectivity index is 1.48. The molecule has 0 unspecified atom stereocenters. The van der Waals surface area contributed by atoms with E-state index in [-0.39, 0.29) is 5.91 Å². The average molecular weight is 365 g/mol. The van der Waals surface area contributed by atoms with Crippen molar-refractivity contribution in [2.24, 2.45) is 0 Å². The van der Waals surface area contributed by atoms with Gasteiger partial charge in [0.1, 0.15) is 18.1 Å². The van der Waals surface area contributed by atoms with Gasteiger partial charge in [0.25, 0.3) is 5.91 Å². The fourth-order valence-electron chi connectivity index (χ4n) is 2.63. The van der Waals surface area contributed by atoms with Gasteiger partial charge in [-0.15, -0.1) is 0 Å². The molecule has 0 fully saturated rings. The number of benzene rings is 2. The highest BCUT2D eigenvalue weighted by Gasteiger charge is 2.11. The summed E-state index contributed by atoms with van der Waals surface area (Å²) in [4.78, 5) is 14.2. The molecule has 1 amide bonds. The van der Waals surface area contributed by atoms with E-state index >= 15 is 0 Å². The smallest absolute Gasteiger partial charge is 0.253 e. The molecule has 0 atom stereocenters. The third kappa shape index (κ3) is 5.10. The quantitative estimate of drug-likeness (QED) is 0.616. The van der Waals surface area contributed by atoms with Gasteiger partial charge in [0.05, 0.1) is 20.2 Å². The zero-order chi connectivity index (χ0) is 19.1. The van der Waals surface area contributed by atoms with Gasteiger partial charge in [-0.3, -0.25) is 9.48 Å². The number of nitrogens with zero attached hydrogens (tertiary/aromatic N) is 3. The van der Waals surface area contributed by atoms with Crippen molar-refractivity contribution in [2.75, 3.05) is 27.3 Å². The van der Waals surface area contributed by atoms with E-state index in [2.05, 4.69) is 5.10 Å². The van der Waals surface area contributed by atoms with Gasteiger partial charge in [0.15, 0.2) is 0 Å². The molecule has 0 saturated heterocycles. The second kappa shape index (κ2) is 8.89. The summed E-state index contributed by atoms with van der Waals surface area (Å²) >= 11 is 0. The molecule has 0 radical (unpaired) electrons. The molecule has 3 aromatic rings. The Morgan fingerprint density at radius 3 is 2.41 bits per heavy atom. The predicted octanol–water partition coefficient (Wildman–Crippen LogP) is 3.09. The number of rotatable bonds is 8. The van der Waals surface area contributed by atoms with Gasteiger partial charge in [0.2, 0.25) is 0 Å². The molecular formula is C21H23N3O3. The van der Waals surface area contributed by atoms with Gasteiger partial charge in [-0.1, -0.05) is 12.1 Å². The van der Waals surface area contributed by atoms with E-state index in [1.807, 2.05) is 65.5 Å². The van der Waals surface area contributed by atoms with Crippen LogP contribution in [0.5, 0.6) is 11.5 Å². The van der Waals surface area contributed by atoms with Crippen LogP contribution < -0.4 is 9.47 Å². The first-order valence-corrected chi connectivity index (χ1v) is 8.74. The summed E-state index contributed by atoms with van der Waals surface area (Å²) in [5.41, 5.74) is 1.76. The van der Waals surface area contributed by atoms with Crippen molar-refractivity contribution in [3.63, 3.8) is 0 Å². The SMILES string of the molecule is COc1ccc(OCCN(C)C(=O)c2ccc(Cn3cccn3)cc2)cc1. The number of ether oxygens (including phenoxy) is 2. The topological polar surface area (TPSA) is 56.6 Å². The lowest BCUT2D eigenvalue weighted by molar-refractivity contribution is 0.0774. The third-order valence-electron chi connectivity index (χ3n) is 4.21. The van der Waals surface area contributed by atoms with Gasteiger partial charge in [-0.25, -0.2) is 0 Å². The molecule has 0 aliphatic carbocycles. The van der Waals surface area contributed by atoms with Crippen molar-refractivity contribution in [3.8, 4) is 11.5 Å². The molecule has 6 nitrogen and oxygen atoms in total. The summed E-state index contributed by atoms with van der Waals surface area (Å²) < 4.78 is 12.6. The summed E-state index contributed by atoms with van der Waals surface area (Å²) in [5, 5.41) is 4.19. The molecule has 1 aromatic heterocycles. The van der Waals surface area contributed by atoms with E-state index in [0.29, 0.717) is 25.3 Å². The Bertz CT molecular complexity index is 843. The first kappa shape index (κ1) is 18.5. The first-order valence-electron chi connectivity index (χ1n) is 8.74. The number of carbonyl (C=O) groups is 1. The van der Waals surface area contributed by atoms with E-state index in [1.165, 1.54) is 0 Å². The molecule has 2 aromatic carbocycles. The van der Waals surface area contributed by atoms with Gasteiger partial charge in [-0.2, -0.15) is 5.10 Å². The Morgan fingerprint density at radius 1 is 1.07 bits per heavy atom. The van der Waals surface area contributed by atoms with Crippen molar-refractivity contribution >= 4 is 5.91 Å². The summed E-state index contributed by atoms with van der Waals surface area (Å²) in [7, 11) is 3.40. The van der Waals surface area contributed by atoms with Crippen LogP contribution in [0.25, 0.3) is 0 Å². The summed E-state index contributed by atoms with van der Waals surface area (Å²) in [6, 6.07) is 16.9. The third-order valence-corrected chi connectivity index (χ3v) is 4.21. The Morgan fingerprint density at radius 2 is 1.78 bits per heavy atom. The number of hydrogen-bond acceptors (Lipinski definition) is 4. The van der Waals surface area contributed by atoms with Gasteiger partial charge < -0.3 is 14.4 Å². The van der Waals surface area contributed by atoms with Crippen molar-refractivity contribution in [3.05, 3.63) is 78.1 Å². The van der Waals surface area contributed by atoms with Crippen molar-refractivity contribution < 1.29 is 14.3 Å². The minimum atomic E-state index is -0.0287. The largest absolute Gasteiger partial charge is 0.497 e. The molecule has 27 heavy (non-hydrogen) atoms. The highest BCUT2D eigenvalue weighted by molar-refractivity contribution is 5.94. The molecule has 3 rings (SSSR count). The normalized spacial score (nSPS) is 10.4. The average Bonchev–Trinajstić information content (AvgIpc) is 3.21. The van der Waals surface area contributed by atoms with Crippen molar-refractivity contribution in [1.82, 2.24) is 14.7 Å². The number of carbonyl (C=O) groups excluding carboxylic acids is 1. The predicted molar refractivity (Wildman–Crippen MR) is 103 cm³/mol. The van der Waals surface area contributed by atoms with Crippen LogP contribution in [0.2, 0.25) is 0 Å². The molecule has 0 aliphatic heterocycles. The van der Waals surface area contributed by atoms with Crippen LogP contribution in [0.3, 0.4) is 0 Å². The second-order valence-electron chi connectivity index (χ2n) is 6.15. The zero-order valence-corrected chi connectivity index (χ0v) is 15.5. The van der Waals surface area contributed by atoms with Crippen LogP contribution in [-0.2, 0) is 6.54 Å². The lowest BCUT2D eigenvalue weighted by Crippen LogP contribution is -2.30. The fourth-order valence-corrected chi connectivity index (χ4v) is 2.63. The highest BCUT2D eigenvalue weighted by Crippen LogP contribution is 2.17. The molecule has 0 N–H and O–H groups in total. The zero-order valence-electron chi connectivity index (χ0n) is 15.5. The van der Waals surface area contributed by atoms with Crippen LogP contribution in [0, 0.1) is 0 Å². The minimum absolute atomic E-state index is 0.0287. The Labute approximate surface area is 158 Å². The molecule has 1 heterocycles. The van der Waals surface area contributed by atoms with E-state index in [4.69, 9.17) is 9.47 Å². The van der Waals surface area contributed by atoms with Crippen molar-refractivity contribution in [1.29, 1.82) is 0 Å². The molecule has 6 heteroatoms. The van der Waals surface area contributed by atoms with E-state index in [0.717, 1.165) is 17.1 Å². The minimum Gasteiger partial charge on any atom is -0.497 e. The van der Waals surface area contributed by atoms with Crippen LogP contribution >= 0.6 is 0 Å². The Kier molecular flexibility index (Phi) is 6.10. The molecule has 0 aliphatic rings. The van der Waals surface area contributed by atoms with Gasteiger partial charge in [-0.05, 0) is 48.0 Å². The molecule has 0 saturated carbocycles. The van der Waals surface area contributed by atoms with Gasteiger partial charge in [0, 0.05) is 25.0 Å². The number of likely N-dealkylation sites (N-methyl/N-ethyl adjacent to an activating group) is 1. The van der Waals surface area contributed by atoms with E-state index < -0.39 is 0 Å². The highest BCUT2D eigenvalue weighted by atomic mass is 16.5. The summed E-state index contributed by atoms with van der Waals surface area (Å²) in [5.74, 6) is 1.50. The molecule has 0 bridgehead atoms. The standard InChI is InChI=1S/C21H23N3O3/c1-23(14-15-27-20-10-8-19(26-2)9-11-20)21(25)18-6-4-17(5-7-18)16-24-13-3-12-22-24/h3-13H,14-16H2,1-2H3. The molecular weight excluding hydrogens is 342 g/mol. The molecule has 0 spiro atoms. The maximum absolute atomic E-state index is 12.5. The van der Waals surface area contributed by atoms with E-state index in [1.54, 1.807) is 25.3 Å². The number of hydrogen-bond donors (Lipinski definition) is 0. The van der Waals surface area contributed by atoms with Crippen LogP contribution in [0.1, 0.15) is 15.9 Å². The number of aromatic nitrogens is 2. The fraction of sp³-hybridized carbons (Fsp3) is 0.238. The number of methoxy groups -OCH3 is 1. The summed E-state index contributed by atoms with van der Waals surface area (Å²) in [6.45, 7) is 1.61. The van der Waals surface area contributed by atoms with Gasteiger partial charge >= 0.3 is 0 Å². The maximum atomic E-state index is 12.5. The second-order valence-corrected chi connectivity index (χ2v) is 6.15. The van der Waals surface area contributed by atoms with Crippen LogP contribution in [0.15, 0.2) is 67.0 Å². The lowest BCUT2D eigenvalue weighted by Gasteiger charge is -2.18. The van der Waals surface area contributed by atoms with Crippen molar-refractivity contribution in [2.45, 2.75) is 6.54 Å². The Hall–Kier alpha value is -3.28. The monoisotopic (exact) mass is 365 g/mol. The summed E-state index contributed by atoms with van der Waals surface area (Å²) in [6.07, 6.45) is 3.66. The van der Waals surface area contributed by atoms with Crippen LogP contribution in [-0.4, -0.2) is 47.9 Å². The van der Waals surface area contributed by atoms with Crippen LogP contribution in [0.4, 0.5) is 0 Å². The first-order chi connectivity index (χ1) is 13.2.